The number of aryl methyl sites for hydroxylation is 1. The number of aliphatic hydroxyl groups excluding tert-OH is 1. The first-order chi connectivity index (χ1) is 7.95. The highest BCUT2D eigenvalue weighted by molar-refractivity contribution is 5.92. The fourth-order valence-electron chi connectivity index (χ4n) is 1.20. The number of nitrogens with zero attached hydrogens (tertiary/aromatic N) is 2. The van der Waals surface area contributed by atoms with Gasteiger partial charge in [-0.15, -0.1) is 0 Å². The van der Waals surface area contributed by atoms with Gasteiger partial charge in [-0.2, -0.15) is 5.10 Å². The zero-order valence-corrected chi connectivity index (χ0v) is 10.2. The molecule has 1 heterocycles. The quantitative estimate of drug-likeness (QED) is 0.743. The van der Waals surface area contributed by atoms with Crippen LogP contribution in [0.3, 0.4) is 0 Å². The Morgan fingerprint density at radius 1 is 1.53 bits per heavy atom. The minimum atomic E-state index is -0.353. The summed E-state index contributed by atoms with van der Waals surface area (Å²) in [6.45, 7) is 3.64. The molecule has 2 unspecified atom stereocenters. The van der Waals surface area contributed by atoms with Gasteiger partial charge in [0.05, 0.1) is 0 Å². The Kier molecular flexibility index (Phi) is 4.39. The Hall–Kier alpha value is -1.69. The third kappa shape index (κ3) is 3.39. The molecule has 1 rings (SSSR count). The number of aromatic nitrogens is 2. The Morgan fingerprint density at radius 3 is 2.71 bits per heavy atom. The van der Waals surface area contributed by atoms with Crippen LogP contribution in [0.5, 0.6) is 0 Å². The molecular formula is C11H17N3O3. The van der Waals surface area contributed by atoms with Crippen LogP contribution in [0.2, 0.25) is 0 Å². The van der Waals surface area contributed by atoms with Crippen LogP contribution < -0.4 is 10.9 Å². The van der Waals surface area contributed by atoms with Crippen LogP contribution in [-0.2, 0) is 7.05 Å². The molecule has 1 aromatic heterocycles. The van der Waals surface area contributed by atoms with E-state index in [0.717, 1.165) is 4.68 Å². The highest BCUT2D eigenvalue weighted by Crippen LogP contribution is 2.01. The van der Waals surface area contributed by atoms with Gasteiger partial charge >= 0.3 is 0 Å². The van der Waals surface area contributed by atoms with E-state index in [2.05, 4.69) is 10.4 Å². The van der Waals surface area contributed by atoms with Crippen molar-refractivity contribution >= 4 is 5.91 Å². The summed E-state index contributed by atoms with van der Waals surface area (Å²) in [6.07, 6.45) is 0. The highest BCUT2D eigenvalue weighted by atomic mass is 16.3. The summed E-state index contributed by atoms with van der Waals surface area (Å²) in [5.41, 5.74) is -0.0811. The lowest BCUT2D eigenvalue weighted by Gasteiger charge is -2.18. The van der Waals surface area contributed by atoms with Gasteiger partial charge < -0.3 is 10.4 Å². The van der Waals surface area contributed by atoms with Crippen LogP contribution >= 0.6 is 0 Å². The molecule has 94 valence electrons. The monoisotopic (exact) mass is 239 g/mol. The molecule has 0 spiro atoms. The molecule has 0 aliphatic rings. The van der Waals surface area contributed by atoms with E-state index in [1.54, 1.807) is 6.92 Å². The number of amides is 1. The standard InChI is InChI=1S/C11H17N3O3/c1-7(6-15)8(2)12-11(17)9-4-5-10(16)14(3)13-9/h4-5,7-8,15H,6H2,1-3H3,(H,12,17). The van der Waals surface area contributed by atoms with Crippen LogP contribution in [0.4, 0.5) is 0 Å². The number of carbonyl (C=O) groups excluding carboxylic acids is 1. The molecule has 0 saturated carbocycles. The van der Waals surface area contributed by atoms with Crippen LogP contribution in [0.25, 0.3) is 0 Å². The van der Waals surface area contributed by atoms with E-state index in [-0.39, 0.29) is 35.7 Å². The number of rotatable bonds is 4. The average Bonchev–Trinajstić information content (AvgIpc) is 2.31. The van der Waals surface area contributed by atoms with Crippen molar-refractivity contribution in [2.45, 2.75) is 19.9 Å². The number of nitrogens with one attached hydrogen (secondary N) is 1. The fourth-order valence-corrected chi connectivity index (χ4v) is 1.20. The Balaban J connectivity index is 2.76. The van der Waals surface area contributed by atoms with Crippen molar-refractivity contribution in [3.63, 3.8) is 0 Å². The Bertz CT molecular complexity index is 456. The van der Waals surface area contributed by atoms with Gasteiger partial charge in [-0.25, -0.2) is 4.68 Å². The topological polar surface area (TPSA) is 84.2 Å². The van der Waals surface area contributed by atoms with Crippen LogP contribution in [0.15, 0.2) is 16.9 Å². The average molecular weight is 239 g/mol. The molecule has 6 nitrogen and oxygen atoms in total. The number of aliphatic hydroxyl groups is 1. The summed E-state index contributed by atoms with van der Waals surface area (Å²) in [5, 5.41) is 15.5. The SMILES string of the molecule is CC(CO)C(C)NC(=O)c1ccc(=O)n(C)n1. The summed E-state index contributed by atoms with van der Waals surface area (Å²) in [7, 11) is 1.49. The Labute approximate surface area is 99.3 Å². The van der Waals surface area contributed by atoms with E-state index in [9.17, 15) is 9.59 Å². The van der Waals surface area contributed by atoms with E-state index >= 15 is 0 Å². The molecule has 17 heavy (non-hydrogen) atoms. The highest BCUT2D eigenvalue weighted by Gasteiger charge is 2.16. The van der Waals surface area contributed by atoms with Crippen molar-refractivity contribution in [3.05, 3.63) is 28.2 Å². The van der Waals surface area contributed by atoms with Gasteiger partial charge in [-0.05, 0) is 18.9 Å². The molecule has 0 radical (unpaired) electrons. The van der Waals surface area contributed by atoms with E-state index in [0.29, 0.717) is 0 Å². The molecule has 1 amide bonds. The summed E-state index contributed by atoms with van der Waals surface area (Å²) < 4.78 is 1.11. The molecule has 2 atom stereocenters. The predicted molar refractivity (Wildman–Crippen MR) is 62.7 cm³/mol. The summed E-state index contributed by atoms with van der Waals surface area (Å²) in [4.78, 5) is 22.9. The van der Waals surface area contributed by atoms with Crippen LogP contribution in [-0.4, -0.2) is 33.4 Å². The zero-order valence-electron chi connectivity index (χ0n) is 10.2. The zero-order chi connectivity index (χ0) is 13.0. The maximum atomic E-state index is 11.8. The molecule has 2 N–H and O–H groups in total. The van der Waals surface area contributed by atoms with Crippen LogP contribution in [0, 0.1) is 5.92 Å². The molecule has 1 aromatic rings. The minimum Gasteiger partial charge on any atom is -0.396 e. The third-order valence-electron chi connectivity index (χ3n) is 2.69. The van der Waals surface area contributed by atoms with E-state index < -0.39 is 0 Å². The van der Waals surface area contributed by atoms with Gasteiger partial charge in [0, 0.05) is 25.8 Å². The molecule has 0 bridgehead atoms. The van der Waals surface area contributed by atoms with Gasteiger partial charge in [0.2, 0.25) is 0 Å². The molecule has 6 heteroatoms. The van der Waals surface area contributed by atoms with Gasteiger partial charge in [0.1, 0.15) is 5.69 Å². The summed E-state index contributed by atoms with van der Waals surface area (Å²) in [6, 6.07) is 2.52. The number of carbonyl (C=O) groups is 1. The van der Waals surface area contributed by atoms with Gasteiger partial charge in [0.15, 0.2) is 0 Å². The first kappa shape index (κ1) is 13.4. The maximum Gasteiger partial charge on any atom is 0.271 e. The van der Waals surface area contributed by atoms with Crippen molar-refractivity contribution in [1.82, 2.24) is 15.1 Å². The lowest BCUT2D eigenvalue weighted by atomic mass is 10.1. The lowest BCUT2D eigenvalue weighted by Crippen LogP contribution is -2.39. The van der Waals surface area contributed by atoms with Gasteiger partial charge in [-0.1, -0.05) is 6.92 Å². The second-order valence-electron chi connectivity index (χ2n) is 4.10. The van der Waals surface area contributed by atoms with Gasteiger partial charge in [0.25, 0.3) is 11.5 Å². The van der Waals surface area contributed by atoms with Gasteiger partial charge in [-0.3, -0.25) is 9.59 Å². The minimum absolute atomic E-state index is 0.00213. The van der Waals surface area contributed by atoms with E-state index in [4.69, 9.17) is 5.11 Å². The largest absolute Gasteiger partial charge is 0.396 e. The van der Waals surface area contributed by atoms with Crippen molar-refractivity contribution in [2.24, 2.45) is 13.0 Å². The first-order valence-electron chi connectivity index (χ1n) is 5.41. The fraction of sp³-hybridized carbons (Fsp3) is 0.545. The van der Waals surface area contributed by atoms with Crippen molar-refractivity contribution in [3.8, 4) is 0 Å². The van der Waals surface area contributed by atoms with E-state index in [1.165, 1.54) is 19.2 Å². The Morgan fingerprint density at radius 2 is 2.18 bits per heavy atom. The molecule has 0 aliphatic carbocycles. The second kappa shape index (κ2) is 5.58. The molecule has 0 aliphatic heterocycles. The van der Waals surface area contributed by atoms with Crippen molar-refractivity contribution in [2.75, 3.05) is 6.61 Å². The first-order valence-corrected chi connectivity index (χ1v) is 5.41. The maximum absolute atomic E-state index is 11.8. The molecular weight excluding hydrogens is 222 g/mol. The van der Waals surface area contributed by atoms with E-state index in [1.807, 2.05) is 6.92 Å². The van der Waals surface area contributed by atoms with Crippen molar-refractivity contribution < 1.29 is 9.90 Å². The second-order valence-corrected chi connectivity index (χ2v) is 4.10. The summed E-state index contributed by atoms with van der Waals surface area (Å²) >= 11 is 0. The predicted octanol–water partition coefficient (Wildman–Crippen LogP) is -0.473. The third-order valence-corrected chi connectivity index (χ3v) is 2.69. The normalized spacial score (nSPS) is 14.1. The molecule has 0 saturated heterocycles. The number of hydrogen-bond acceptors (Lipinski definition) is 4. The molecule has 0 fully saturated rings. The molecule has 0 aromatic carbocycles. The number of hydrogen-bond donors (Lipinski definition) is 2. The van der Waals surface area contributed by atoms with Crippen LogP contribution in [0.1, 0.15) is 24.3 Å². The smallest absolute Gasteiger partial charge is 0.271 e. The van der Waals surface area contributed by atoms with Crippen molar-refractivity contribution in [1.29, 1.82) is 0 Å². The lowest BCUT2D eigenvalue weighted by molar-refractivity contribution is 0.0909. The summed E-state index contributed by atoms with van der Waals surface area (Å²) in [5.74, 6) is -0.389.